The normalized spacial score (nSPS) is 14.3. The van der Waals surface area contributed by atoms with Crippen molar-refractivity contribution in [2.45, 2.75) is 25.7 Å². The number of nitrogens with zero attached hydrogens (tertiary/aromatic N) is 3. The van der Waals surface area contributed by atoms with Crippen LogP contribution in [0.25, 0.3) is 11.4 Å². The monoisotopic (exact) mass is 354 g/mol. The van der Waals surface area contributed by atoms with Crippen LogP contribution in [0.4, 0.5) is 5.82 Å². The van der Waals surface area contributed by atoms with Crippen LogP contribution >= 0.6 is 0 Å². The highest BCUT2D eigenvalue weighted by Crippen LogP contribution is 2.23. The SMILES string of the molecule is COCCCNC(=O)c1cc(N2CCCCC2)nc(-c2ccccc2)n1. The summed E-state index contributed by atoms with van der Waals surface area (Å²) in [6.07, 6.45) is 4.34. The molecule has 0 bridgehead atoms. The Kier molecular flexibility index (Phi) is 6.55. The number of ether oxygens (including phenoxy) is 1. The van der Waals surface area contributed by atoms with Crippen LogP contribution in [0.2, 0.25) is 0 Å². The van der Waals surface area contributed by atoms with Gasteiger partial charge in [-0.3, -0.25) is 4.79 Å². The molecule has 0 saturated carbocycles. The predicted molar refractivity (Wildman–Crippen MR) is 102 cm³/mol. The highest BCUT2D eigenvalue weighted by Gasteiger charge is 2.18. The Hall–Kier alpha value is -2.47. The van der Waals surface area contributed by atoms with Crippen LogP contribution in [-0.4, -0.2) is 49.2 Å². The quantitative estimate of drug-likeness (QED) is 0.775. The van der Waals surface area contributed by atoms with Crippen molar-refractivity contribution < 1.29 is 9.53 Å². The lowest BCUT2D eigenvalue weighted by atomic mass is 10.1. The Morgan fingerprint density at radius 2 is 1.92 bits per heavy atom. The van der Waals surface area contributed by atoms with E-state index in [-0.39, 0.29) is 5.91 Å². The number of anilines is 1. The van der Waals surface area contributed by atoms with Crippen molar-refractivity contribution in [3.05, 3.63) is 42.1 Å². The van der Waals surface area contributed by atoms with Gasteiger partial charge >= 0.3 is 0 Å². The number of benzene rings is 1. The van der Waals surface area contributed by atoms with Crippen molar-refractivity contribution in [3.8, 4) is 11.4 Å². The zero-order chi connectivity index (χ0) is 18.2. The average Bonchev–Trinajstić information content (AvgIpc) is 2.72. The molecule has 2 heterocycles. The molecule has 0 atom stereocenters. The Balaban J connectivity index is 1.86. The minimum Gasteiger partial charge on any atom is -0.385 e. The number of rotatable bonds is 7. The van der Waals surface area contributed by atoms with Gasteiger partial charge in [-0.2, -0.15) is 0 Å². The van der Waals surface area contributed by atoms with Gasteiger partial charge in [0.1, 0.15) is 11.5 Å². The molecule has 0 aliphatic carbocycles. The van der Waals surface area contributed by atoms with Crippen molar-refractivity contribution in [1.29, 1.82) is 0 Å². The molecule has 138 valence electrons. The maximum absolute atomic E-state index is 12.6. The Morgan fingerprint density at radius 3 is 2.65 bits per heavy atom. The molecule has 1 aromatic carbocycles. The number of piperidine rings is 1. The van der Waals surface area contributed by atoms with E-state index in [2.05, 4.69) is 15.2 Å². The molecule has 1 aliphatic heterocycles. The minimum absolute atomic E-state index is 0.168. The van der Waals surface area contributed by atoms with Crippen molar-refractivity contribution in [1.82, 2.24) is 15.3 Å². The van der Waals surface area contributed by atoms with E-state index in [0.29, 0.717) is 24.7 Å². The molecule has 1 aromatic heterocycles. The van der Waals surface area contributed by atoms with Gasteiger partial charge in [-0.15, -0.1) is 0 Å². The van der Waals surface area contributed by atoms with Crippen molar-refractivity contribution in [3.63, 3.8) is 0 Å². The van der Waals surface area contributed by atoms with Gasteiger partial charge in [0.15, 0.2) is 5.82 Å². The molecule has 6 nitrogen and oxygen atoms in total. The Morgan fingerprint density at radius 1 is 1.15 bits per heavy atom. The van der Waals surface area contributed by atoms with E-state index in [9.17, 15) is 4.79 Å². The topological polar surface area (TPSA) is 67.3 Å². The molecule has 26 heavy (non-hydrogen) atoms. The first kappa shape index (κ1) is 18.3. The van der Waals surface area contributed by atoms with E-state index >= 15 is 0 Å². The van der Waals surface area contributed by atoms with Gasteiger partial charge in [-0.1, -0.05) is 30.3 Å². The van der Waals surface area contributed by atoms with Crippen LogP contribution < -0.4 is 10.2 Å². The summed E-state index contributed by atoms with van der Waals surface area (Å²) in [5.74, 6) is 1.26. The van der Waals surface area contributed by atoms with E-state index in [1.165, 1.54) is 6.42 Å². The largest absolute Gasteiger partial charge is 0.385 e. The van der Waals surface area contributed by atoms with Gasteiger partial charge in [0.05, 0.1) is 0 Å². The van der Waals surface area contributed by atoms with Crippen LogP contribution in [0.15, 0.2) is 36.4 Å². The number of carbonyl (C=O) groups excluding carboxylic acids is 1. The molecule has 1 fully saturated rings. The summed E-state index contributed by atoms with van der Waals surface area (Å²) in [7, 11) is 1.66. The average molecular weight is 354 g/mol. The summed E-state index contributed by atoms with van der Waals surface area (Å²) in [4.78, 5) is 24.1. The van der Waals surface area contributed by atoms with E-state index < -0.39 is 0 Å². The number of hydrogen-bond acceptors (Lipinski definition) is 5. The number of carbonyl (C=O) groups is 1. The number of aromatic nitrogens is 2. The fraction of sp³-hybridized carbons (Fsp3) is 0.450. The summed E-state index contributed by atoms with van der Waals surface area (Å²) >= 11 is 0. The molecule has 1 saturated heterocycles. The first-order chi connectivity index (χ1) is 12.8. The van der Waals surface area contributed by atoms with Crippen LogP contribution in [-0.2, 0) is 4.74 Å². The van der Waals surface area contributed by atoms with Crippen molar-refractivity contribution in [2.24, 2.45) is 0 Å². The smallest absolute Gasteiger partial charge is 0.270 e. The molecule has 1 amide bonds. The summed E-state index contributed by atoms with van der Waals surface area (Å²) in [5.41, 5.74) is 1.33. The second-order valence-corrected chi connectivity index (χ2v) is 6.45. The van der Waals surface area contributed by atoms with Crippen LogP contribution in [0.1, 0.15) is 36.2 Å². The molecule has 3 rings (SSSR count). The molecular formula is C20H26N4O2. The molecule has 6 heteroatoms. The zero-order valence-electron chi connectivity index (χ0n) is 15.3. The first-order valence-corrected chi connectivity index (χ1v) is 9.24. The van der Waals surface area contributed by atoms with Gasteiger partial charge in [0, 0.05) is 45.0 Å². The highest BCUT2D eigenvalue weighted by atomic mass is 16.5. The van der Waals surface area contributed by atoms with Crippen LogP contribution in [0, 0.1) is 0 Å². The zero-order valence-corrected chi connectivity index (χ0v) is 15.3. The van der Waals surface area contributed by atoms with Crippen LogP contribution in [0.5, 0.6) is 0 Å². The fourth-order valence-electron chi connectivity index (χ4n) is 3.06. The fourth-order valence-corrected chi connectivity index (χ4v) is 3.06. The molecular weight excluding hydrogens is 328 g/mol. The second kappa shape index (κ2) is 9.29. The van der Waals surface area contributed by atoms with E-state index in [1.54, 1.807) is 7.11 Å². The summed E-state index contributed by atoms with van der Waals surface area (Å²) in [5, 5.41) is 2.91. The predicted octanol–water partition coefficient (Wildman–Crippen LogP) is 2.90. The molecule has 1 aliphatic rings. The highest BCUT2D eigenvalue weighted by molar-refractivity contribution is 5.93. The van der Waals surface area contributed by atoms with Gasteiger partial charge in [0.25, 0.3) is 5.91 Å². The minimum atomic E-state index is -0.168. The van der Waals surface area contributed by atoms with Gasteiger partial charge in [-0.05, 0) is 25.7 Å². The molecule has 2 aromatic rings. The van der Waals surface area contributed by atoms with Gasteiger partial charge in [0.2, 0.25) is 0 Å². The van der Waals surface area contributed by atoms with Gasteiger partial charge in [-0.25, -0.2) is 9.97 Å². The molecule has 0 spiro atoms. The number of amides is 1. The van der Waals surface area contributed by atoms with Gasteiger partial charge < -0.3 is 15.0 Å². The van der Waals surface area contributed by atoms with Crippen molar-refractivity contribution >= 4 is 11.7 Å². The van der Waals surface area contributed by atoms with E-state index in [4.69, 9.17) is 9.72 Å². The number of nitrogens with one attached hydrogen (secondary N) is 1. The Labute approximate surface area is 154 Å². The van der Waals surface area contributed by atoms with E-state index in [0.717, 1.165) is 43.7 Å². The number of methoxy groups -OCH3 is 1. The number of hydrogen-bond donors (Lipinski definition) is 1. The lowest BCUT2D eigenvalue weighted by molar-refractivity contribution is 0.0943. The molecule has 0 radical (unpaired) electrons. The Bertz CT molecular complexity index is 715. The molecule has 1 N–H and O–H groups in total. The third-order valence-electron chi connectivity index (χ3n) is 4.47. The van der Waals surface area contributed by atoms with E-state index in [1.807, 2.05) is 36.4 Å². The summed E-state index contributed by atoms with van der Waals surface area (Å²) in [6.45, 7) is 3.13. The lowest BCUT2D eigenvalue weighted by Gasteiger charge is -2.28. The maximum Gasteiger partial charge on any atom is 0.270 e. The second-order valence-electron chi connectivity index (χ2n) is 6.45. The third kappa shape index (κ3) is 4.79. The summed E-state index contributed by atoms with van der Waals surface area (Å²) < 4.78 is 5.02. The standard InChI is InChI=1S/C20H26N4O2/c1-26-14-8-11-21-20(25)17-15-18(24-12-6-3-7-13-24)23-19(22-17)16-9-4-2-5-10-16/h2,4-5,9-10,15H,3,6-8,11-14H2,1H3,(H,21,25). The lowest BCUT2D eigenvalue weighted by Crippen LogP contribution is -2.31. The first-order valence-electron chi connectivity index (χ1n) is 9.24. The maximum atomic E-state index is 12.6. The third-order valence-corrected chi connectivity index (χ3v) is 4.47. The van der Waals surface area contributed by atoms with Crippen LogP contribution in [0.3, 0.4) is 0 Å². The summed E-state index contributed by atoms with van der Waals surface area (Å²) in [6, 6.07) is 11.6. The molecule has 0 unspecified atom stereocenters. The van der Waals surface area contributed by atoms with Crippen molar-refractivity contribution in [2.75, 3.05) is 38.3 Å².